The van der Waals surface area contributed by atoms with E-state index in [-0.39, 0.29) is 5.97 Å². The molecule has 0 N–H and O–H groups in total. The number of para-hydroxylation sites is 1. The molecule has 0 aliphatic heterocycles. The van der Waals surface area contributed by atoms with Crippen LogP contribution in [-0.4, -0.2) is 17.1 Å². The number of fused-ring (bicyclic) bond motifs is 3. The van der Waals surface area contributed by atoms with Crippen molar-refractivity contribution in [1.29, 1.82) is 0 Å². The fraction of sp³-hybridized carbons (Fsp3) is 0.138. The Morgan fingerprint density at radius 2 is 1.50 bits per heavy atom. The first-order chi connectivity index (χ1) is 15.7. The van der Waals surface area contributed by atoms with Crippen molar-refractivity contribution < 1.29 is 9.53 Å². The highest BCUT2D eigenvalue weighted by molar-refractivity contribution is 6.19. The molecule has 0 saturated carbocycles. The number of aryl methyl sites for hydroxylation is 1. The maximum absolute atomic E-state index is 13.4. The average molecular weight is 420 g/mol. The molecule has 3 nitrogen and oxygen atoms in total. The number of esters is 1. The number of carbonyl (C=O) groups is 1. The number of benzene rings is 4. The Morgan fingerprint density at radius 1 is 0.844 bits per heavy atom. The van der Waals surface area contributed by atoms with E-state index in [2.05, 4.69) is 66.2 Å². The maximum atomic E-state index is 13.4. The summed E-state index contributed by atoms with van der Waals surface area (Å²) in [5.41, 5.74) is 7.03. The lowest BCUT2D eigenvalue weighted by Crippen LogP contribution is -2.11. The van der Waals surface area contributed by atoms with E-state index in [1.807, 2.05) is 43.3 Å². The predicted molar refractivity (Wildman–Crippen MR) is 131 cm³/mol. The molecule has 0 amide bonds. The quantitative estimate of drug-likeness (QED) is 0.295. The summed E-state index contributed by atoms with van der Waals surface area (Å²) in [6, 6.07) is 31.0. The third-order valence-corrected chi connectivity index (χ3v) is 6.06. The van der Waals surface area contributed by atoms with Crippen LogP contribution in [0, 0.1) is 0 Å². The molecule has 4 aromatic carbocycles. The molecule has 5 aromatic rings. The van der Waals surface area contributed by atoms with Crippen LogP contribution in [0.3, 0.4) is 0 Å². The van der Waals surface area contributed by atoms with E-state index in [9.17, 15) is 4.79 Å². The normalized spacial score (nSPS) is 11.2. The zero-order valence-electron chi connectivity index (χ0n) is 18.3. The molecule has 0 aliphatic rings. The predicted octanol–water partition coefficient (Wildman–Crippen LogP) is 6.77. The molecule has 0 spiro atoms. The van der Waals surface area contributed by atoms with Gasteiger partial charge in [0.1, 0.15) is 0 Å². The van der Waals surface area contributed by atoms with Crippen LogP contribution in [0.25, 0.3) is 32.9 Å². The molecule has 5 rings (SSSR count). The summed E-state index contributed by atoms with van der Waals surface area (Å²) in [5, 5.41) is 2.23. The second kappa shape index (κ2) is 8.35. The number of carbonyl (C=O) groups excluding carboxylic acids is 1. The first-order valence-electron chi connectivity index (χ1n) is 11.0. The van der Waals surface area contributed by atoms with Gasteiger partial charge in [-0.15, -0.1) is 0 Å². The van der Waals surface area contributed by atoms with Gasteiger partial charge in [0.25, 0.3) is 0 Å². The Bertz CT molecular complexity index is 1420. The van der Waals surface area contributed by atoms with Crippen molar-refractivity contribution in [3.05, 3.63) is 108 Å². The molecule has 0 fully saturated rings. The summed E-state index contributed by atoms with van der Waals surface area (Å²) < 4.78 is 7.81. The van der Waals surface area contributed by atoms with Gasteiger partial charge in [-0.3, -0.25) is 0 Å². The molecule has 0 radical (unpaired) electrons. The molecule has 0 aliphatic carbocycles. The van der Waals surface area contributed by atoms with E-state index in [1.165, 1.54) is 0 Å². The van der Waals surface area contributed by atoms with Crippen molar-refractivity contribution in [3.63, 3.8) is 0 Å². The van der Waals surface area contributed by atoms with Gasteiger partial charge in [0.15, 0.2) is 0 Å². The molecule has 0 unspecified atom stereocenters. The van der Waals surface area contributed by atoms with E-state index in [1.54, 1.807) is 0 Å². The van der Waals surface area contributed by atoms with Crippen molar-refractivity contribution in [2.24, 2.45) is 7.05 Å². The van der Waals surface area contributed by atoms with E-state index >= 15 is 0 Å². The first kappa shape index (κ1) is 20.1. The SMILES string of the molecule is CCOC(=O)c1c(Cc2ccccc2)cc2c(c1-c1ccccc1)c1ccccc1n2C. The smallest absolute Gasteiger partial charge is 0.339 e. The van der Waals surface area contributed by atoms with Crippen LogP contribution in [0.1, 0.15) is 28.4 Å². The lowest BCUT2D eigenvalue weighted by Gasteiger charge is -2.17. The number of nitrogens with zero attached hydrogens (tertiary/aromatic N) is 1. The maximum Gasteiger partial charge on any atom is 0.339 e. The van der Waals surface area contributed by atoms with Crippen LogP contribution in [0.4, 0.5) is 0 Å². The number of aromatic nitrogens is 1. The summed E-state index contributed by atoms with van der Waals surface area (Å²) in [4.78, 5) is 13.4. The van der Waals surface area contributed by atoms with E-state index < -0.39 is 0 Å². The van der Waals surface area contributed by atoms with Crippen molar-refractivity contribution in [2.45, 2.75) is 13.3 Å². The Kier molecular flexibility index (Phi) is 5.24. The molecule has 1 heterocycles. The van der Waals surface area contributed by atoms with E-state index in [0.29, 0.717) is 18.6 Å². The van der Waals surface area contributed by atoms with Crippen LogP contribution in [0.5, 0.6) is 0 Å². The van der Waals surface area contributed by atoms with Gasteiger partial charge in [0.05, 0.1) is 12.2 Å². The largest absolute Gasteiger partial charge is 0.462 e. The second-order valence-corrected chi connectivity index (χ2v) is 8.00. The zero-order chi connectivity index (χ0) is 22.1. The third-order valence-electron chi connectivity index (χ3n) is 6.06. The average Bonchev–Trinajstić information content (AvgIpc) is 3.11. The molecule has 1 aromatic heterocycles. The molecule has 3 heteroatoms. The van der Waals surface area contributed by atoms with Gasteiger partial charge in [-0.05, 0) is 42.2 Å². The van der Waals surface area contributed by atoms with Crippen molar-refractivity contribution in [3.8, 4) is 11.1 Å². The lowest BCUT2D eigenvalue weighted by atomic mass is 9.88. The van der Waals surface area contributed by atoms with Gasteiger partial charge in [0.2, 0.25) is 0 Å². The zero-order valence-corrected chi connectivity index (χ0v) is 18.3. The molecule has 158 valence electrons. The summed E-state index contributed by atoms with van der Waals surface area (Å²) in [5.74, 6) is -0.271. The van der Waals surface area contributed by atoms with Crippen LogP contribution < -0.4 is 0 Å². The standard InChI is InChI=1S/C29H25NO2/c1-3-32-29(31)27-22(18-20-12-6-4-7-13-20)19-25-28(26(27)21-14-8-5-9-15-21)23-16-10-11-17-24(23)30(25)2/h4-17,19H,3,18H2,1-2H3. The van der Waals surface area contributed by atoms with Crippen molar-refractivity contribution in [2.75, 3.05) is 6.61 Å². The monoisotopic (exact) mass is 419 g/mol. The molecule has 0 bridgehead atoms. The van der Waals surface area contributed by atoms with Gasteiger partial charge >= 0.3 is 5.97 Å². The molecule has 32 heavy (non-hydrogen) atoms. The van der Waals surface area contributed by atoms with Gasteiger partial charge in [-0.25, -0.2) is 4.79 Å². The van der Waals surface area contributed by atoms with Crippen LogP contribution >= 0.6 is 0 Å². The fourth-order valence-corrected chi connectivity index (χ4v) is 4.65. The van der Waals surface area contributed by atoms with Crippen LogP contribution in [0.2, 0.25) is 0 Å². The van der Waals surface area contributed by atoms with Gasteiger partial charge in [-0.2, -0.15) is 0 Å². The summed E-state index contributed by atoms with van der Waals surface area (Å²) in [6.45, 7) is 2.19. The van der Waals surface area contributed by atoms with Crippen LogP contribution in [-0.2, 0) is 18.2 Å². The van der Waals surface area contributed by atoms with Crippen LogP contribution in [0.15, 0.2) is 91.0 Å². The van der Waals surface area contributed by atoms with Crippen molar-refractivity contribution in [1.82, 2.24) is 4.57 Å². The lowest BCUT2D eigenvalue weighted by molar-refractivity contribution is 0.0526. The number of hydrogen-bond acceptors (Lipinski definition) is 2. The Balaban J connectivity index is 1.93. The number of rotatable bonds is 5. The Morgan fingerprint density at radius 3 is 2.22 bits per heavy atom. The molecular weight excluding hydrogens is 394 g/mol. The second-order valence-electron chi connectivity index (χ2n) is 8.00. The van der Waals surface area contributed by atoms with E-state index in [0.717, 1.165) is 44.1 Å². The van der Waals surface area contributed by atoms with Gasteiger partial charge in [-0.1, -0.05) is 78.9 Å². The fourth-order valence-electron chi connectivity index (χ4n) is 4.65. The van der Waals surface area contributed by atoms with E-state index in [4.69, 9.17) is 4.74 Å². The minimum absolute atomic E-state index is 0.271. The molecule has 0 atom stereocenters. The highest BCUT2D eigenvalue weighted by Crippen LogP contribution is 2.41. The van der Waals surface area contributed by atoms with Gasteiger partial charge < -0.3 is 9.30 Å². The molecular formula is C29H25NO2. The first-order valence-corrected chi connectivity index (χ1v) is 11.0. The topological polar surface area (TPSA) is 31.2 Å². The Labute approximate surface area is 187 Å². The summed E-state index contributed by atoms with van der Waals surface area (Å²) in [6.07, 6.45) is 0.659. The Hall–Kier alpha value is -3.85. The number of hydrogen-bond donors (Lipinski definition) is 0. The van der Waals surface area contributed by atoms with Gasteiger partial charge in [0, 0.05) is 34.4 Å². The molecule has 0 saturated heterocycles. The minimum Gasteiger partial charge on any atom is -0.462 e. The third kappa shape index (κ3) is 3.36. The number of ether oxygens (including phenoxy) is 1. The minimum atomic E-state index is -0.271. The summed E-state index contributed by atoms with van der Waals surface area (Å²) >= 11 is 0. The van der Waals surface area contributed by atoms with Crippen molar-refractivity contribution >= 4 is 27.8 Å². The summed E-state index contributed by atoms with van der Waals surface area (Å²) in [7, 11) is 2.09. The highest BCUT2D eigenvalue weighted by Gasteiger charge is 2.25. The highest BCUT2D eigenvalue weighted by atomic mass is 16.5.